The third-order valence-electron chi connectivity index (χ3n) is 1.91. The number of fused-ring (bicyclic) bond motifs is 1. The Morgan fingerprint density at radius 1 is 1.64 bits per heavy atom. The standard InChI is InChI=1S/C9H11N3OS/c1-2-10-5-7-11-6-3-4-14-8(6)9(13)12-7/h3-4,10H,2,5H2,1H3,(H,11,12,13). The highest BCUT2D eigenvalue weighted by Gasteiger charge is 2.03. The van der Waals surface area contributed by atoms with Crippen molar-refractivity contribution in [1.82, 2.24) is 15.3 Å². The first-order valence-electron chi connectivity index (χ1n) is 4.48. The molecule has 4 nitrogen and oxygen atoms in total. The van der Waals surface area contributed by atoms with Crippen LogP contribution >= 0.6 is 11.3 Å². The molecule has 0 aromatic carbocycles. The van der Waals surface area contributed by atoms with E-state index in [1.807, 2.05) is 18.4 Å². The summed E-state index contributed by atoms with van der Waals surface area (Å²) in [6.45, 7) is 3.49. The number of nitrogens with one attached hydrogen (secondary N) is 2. The van der Waals surface area contributed by atoms with Crippen LogP contribution in [0.3, 0.4) is 0 Å². The van der Waals surface area contributed by atoms with Crippen LogP contribution < -0.4 is 10.9 Å². The summed E-state index contributed by atoms with van der Waals surface area (Å²) in [5.41, 5.74) is 0.740. The second-order valence-corrected chi connectivity index (χ2v) is 3.84. The highest BCUT2D eigenvalue weighted by molar-refractivity contribution is 7.17. The largest absolute Gasteiger partial charge is 0.310 e. The topological polar surface area (TPSA) is 57.8 Å². The van der Waals surface area contributed by atoms with E-state index in [9.17, 15) is 4.79 Å². The van der Waals surface area contributed by atoms with Crippen LogP contribution in [0, 0.1) is 0 Å². The van der Waals surface area contributed by atoms with Crippen molar-refractivity contribution >= 4 is 21.6 Å². The molecule has 2 rings (SSSR count). The Balaban J connectivity index is 2.43. The van der Waals surface area contributed by atoms with Gasteiger partial charge in [-0.05, 0) is 18.0 Å². The SMILES string of the molecule is CCNCc1nc2ccsc2c(=O)[nH]1. The highest BCUT2D eigenvalue weighted by atomic mass is 32.1. The molecular weight excluding hydrogens is 198 g/mol. The molecule has 5 heteroatoms. The van der Waals surface area contributed by atoms with Crippen molar-refractivity contribution in [1.29, 1.82) is 0 Å². The van der Waals surface area contributed by atoms with Gasteiger partial charge in [-0.15, -0.1) is 11.3 Å². The molecule has 0 aliphatic carbocycles. The Hall–Kier alpha value is -1.20. The van der Waals surface area contributed by atoms with Crippen molar-refractivity contribution in [3.8, 4) is 0 Å². The van der Waals surface area contributed by atoms with Crippen molar-refractivity contribution in [2.75, 3.05) is 6.54 Å². The lowest BCUT2D eigenvalue weighted by Crippen LogP contribution is -2.18. The average molecular weight is 209 g/mol. The number of aromatic nitrogens is 2. The second-order valence-electron chi connectivity index (χ2n) is 2.93. The quantitative estimate of drug-likeness (QED) is 0.795. The van der Waals surface area contributed by atoms with Crippen molar-refractivity contribution in [3.05, 3.63) is 27.6 Å². The number of nitrogens with zero attached hydrogens (tertiary/aromatic N) is 1. The van der Waals surface area contributed by atoms with Crippen LogP contribution in [-0.4, -0.2) is 16.5 Å². The van der Waals surface area contributed by atoms with E-state index in [2.05, 4.69) is 15.3 Å². The van der Waals surface area contributed by atoms with Crippen molar-refractivity contribution < 1.29 is 0 Å². The van der Waals surface area contributed by atoms with Gasteiger partial charge in [-0.25, -0.2) is 4.98 Å². The van der Waals surface area contributed by atoms with E-state index < -0.39 is 0 Å². The molecule has 2 N–H and O–H groups in total. The van der Waals surface area contributed by atoms with E-state index in [-0.39, 0.29) is 5.56 Å². The predicted molar refractivity (Wildman–Crippen MR) is 57.6 cm³/mol. The summed E-state index contributed by atoms with van der Waals surface area (Å²) in [7, 11) is 0. The van der Waals surface area contributed by atoms with Crippen molar-refractivity contribution in [2.45, 2.75) is 13.5 Å². The molecular formula is C9H11N3OS. The Morgan fingerprint density at radius 3 is 3.29 bits per heavy atom. The third kappa shape index (κ3) is 1.69. The predicted octanol–water partition coefficient (Wildman–Crippen LogP) is 1.09. The van der Waals surface area contributed by atoms with Gasteiger partial charge in [0.15, 0.2) is 0 Å². The minimum atomic E-state index is -0.0436. The minimum absolute atomic E-state index is 0.0436. The number of hydrogen-bond donors (Lipinski definition) is 2. The highest BCUT2D eigenvalue weighted by Crippen LogP contribution is 2.13. The molecule has 74 valence electrons. The van der Waals surface area contributed by atoms with Crippen LogP contribution in [0.2, 0.25) is 0 Å². The lowest BCUT2D eigenvalue weighted by molar-refractivity contribution is 0.691. The first-order valence-corrected chi connectivity index (χ1v) is 5.36. The molecule has 0 fully saturated rings. The molecule has 0 unspecified atom stereocenters. The maximum atomic E-state index is 11.5. The number of hydrogen-bond acceptors (Lipinski definition) is 4. The van der Waals surface area contributed by atoms with Crippen LogP contribution in [-0.2, 0) is 6.54 Å². The van der Waals surface area contributed by atoms with Gasteiger partial charge in [0.05, 0.1) is 12.1 Å². The minimum Gasteiger partial charge on any atom is -0.310 e. The van der Waals surface area contributed by atoms with Gasteiger partial charge < -0.3 is 10.3 Å². The zero-order valence-electron chi connectivity index (χ0n) is 7.83. The second kappa shape index (κ2) is 3.89. The molecule has 0 amide bonds. The Bertz CT molecular complexity index is 488. The maximum absolute atomic E-state index is 11.5. The summed E-state index contributed by atoms with van der Waals surface area (Å²) in [6.07, 6.45) is 0. The van der Waals surface area contributed by atoms with Gasteiger partial charge in [-0.1, -0.05) is 6.92 Å². The third-order valence-corrected chi connectivity index (χ3v) is 2.81. The molecule has 0 spiro atoms. The summed E-state index contributed by atoms with van der Waals surface area (Å²) in [6, 6.07) is 1.87. The van der Waals surface area contributed by atoms with Crippen LogP contribution in [0.5, 0.6) is 0 Å². The molecule has 2 heterocycles. The van der Waals surface area contributed by atoms with E-state index >= 15 is 0 Å². The van der Waals surface area contributed by atoms with Gasteiger partial charge in [0.25, 0.3) is 5.56 Å². The Kier molecular flexibility index (Phi) is 2.60. The molecule has 0 saturated heterocycles. The van der Waals surface area contributed by atoms with Gasteiger partial charge in [0.1, 0.15) is 10.5 Å². The molecule has 0 aliphatic heterocycles. The molecule has 0 radical (unpaired) electrons. The summed E-state index contributed by atoms with van der Waals surface area (Å²) < 4.78 is 0.699. The summed E-state index contributed by atoms with van der Waals surface area (Å²) in [5, 5.41) is 5.00. The summed E-state index contributed by atoms with van der Waals surface area (Å²) >= 11 is 1.42. The number of aromatic amines is 1. The van der Waals surface area contributed by atoms with E-state index in [1.54, 1.807) is 0 Å². The first kappa shape index (κ1) is 9.36. The fraction of sp³-hybridized carbons (Fsp3) is 0.333. The molecule has 2 aromatic rings. The Labute approximate surface area is 85.0 Å². The van der Waals surface area contributed by atoms with Crippen LogP contribution in [0.25, 0.3) is 10.2 Å². The van der Waals surface area contributed by atoms with E-state index in [0.29, 0.717) is 17.1 Å². The van der Waals surface area contributed by atoms with Crippen LogP contribution in [0.15, 0.2) is 16.2 Å². The summed E-state index contributed by atoms with van der Waals surface area (Å²) in [4.78, 5) is 18.6. The zero-order valence-corrected chi connectivity index (χ0v) is 8.65. The smallest absolute Gasteiger partial charge is 0.268 e. The lowest BCUT2D eigenvalue weighted by Gasteiger charge is -2.00. The van der Waals surface area contributed by atoms with Crippen molar-refractivity contribution in [2.24, 2.45) is 0 Å². The first-order chi connectivity index (χ1) is 6.81. The molecule has 0 atom stereocenters. The average Bonchev–Trinajstić information content (AvgIpc) is 2.63. The zero-order chi connectivity index (χ0) is 9.97. The molecule has 0 bridgehead atoms. The summed E-state index contributed by atoms with van der Waals surface area (Å²) in [5.74, 6) is 0.697. The van der Waals surface area contributed by atoms with Crippen LogP contribution in [0.1, 0.15) is 12.7 Å². The van der Waals surface area contributed by atoms with Gasteiger partial charge in [0.2, 0.25) is 0 Å². The lowest BCUT2D eigenvalue weighted by atomic mass is 10.4. The maximum Gasteiger partial charge on any atom is 0.268 e. The van der Waals surface area contributed by atoms with Gasteiger partial charge >= 0.3 is 0 Å². The molecule has 0 saturated carbocycles. The van der Waals surface area contributed by atoms with Gasteiger partial charge in [-0.3, -0.25) is 4.79 Å². The molecule has 2 aromatic heterocycles. The van der Waals surface area contributed by atoms with E-state index in [0.717, 1.165) is 12.1 Å². The normalized spacial score (nSPS) is 10.9. The number of thiophene rings is 1. The number of rotatable bonds is 3. The molecule has 0 aliphatic rings. The molecule has 14 heavy (non-hydrogen) atoms. The Morgan fingerprint density at radius 2 is 2.50 bits per heavy atom. The van der Waals surface area contributed by atoms with Gasteiger partial charge in [0, 0.05) is 0 Å². The van der Waals surface area contributed by atoms with E-state index in [1.165, 1.54) is 11.3 Å². The van der Waals surface area contributed by atoms with Crippen LogP contribution in [0.4, 0.5) is 0 Å². The van der Waals surface area contributed by atoms with Gasteiger partial charge in [-0.2, -0.15) is 0 Å². The monoisotopic (exact) mass is 209 g/mol. The van der Waals surface area contributed by atoms with E-state index in [4.69, 9.17) is 0 Å². The fourth-order valence-corrected chi connectivity index (χ4v) is 1.97. The number of H-pyrrole nitrogens is 1. The van der Waals surface area contributed by atoms with Crippen molar-refractivity contribution in [3.63, 3.8) is 0 Å². The fourth-order valence-electron chi connectivity index (χ4n) is 1.25.